The van der Waals surface area contributed by atoms with Crippen LogP contribution >= 0.6 is 0 Å². The van der Waals surface area contributed by atoms with Gasteiger partial charge in [0.25, 0.3) is 5.91 Å². The average molecular weight is 235 g/mol. The molecule has 1 fully saturated rings. The fourth-order valence-corrected chi connectivity index (χ4v) is 1.94. The largest absolute Gasteiger partial charge is 0.386 e. The van der Waals surface area contributed by atoms with Crippen molar-refractivity contribution in [2.24, 2.45) is 0 Å². The van der Waals surface area contributed by atoms with E-state index in [1.165, 1.54) is 0 Å². The van der Waals surface area contributed by atoms with Gasteiger partial charge >= 0.3 is 0 Å². The van der Waals surface area contributed by atoms with Crippen LogP contribution in [-0.2, 0) is 0 Å². The molecule has 1 amide bonds. The molecule has 17 heavy (non-hydrogen) atoms. The third kappa shape index (κ3) is 2.24. The summed E-state index contributed by atoms with van der Waals surface area (Å²) in [4.78, 5) is 17.5. The number of nitrogens with one attached hydrogen (secondary N) is 1. The van der Waals surface area contributed by atoms with E-state index < -0.39 is 5.60 Å². The number of anilines is 1. The first-order valence-corrected chi connectivity index (χ1v) is 5.73. The zero-order valence-electron chi connectivity index (χ0n) is 10.1. The maximum atomic E-state index is 11.4. The zero-order valence-corrected chi connectivity index (χ0v) is 10.1. The van der Waals surface area contributed by atoms with Crippen molar-refractivity contribution in [3.63, 3.8) is 0 Å². The molecule has 92 valence electrons. The van der Waals surface area contributed by atoms with Crippen molar-refractivity contribution >= 4 is 11.6 Å². The molecule has 2 heterocycles. The molecule has 1 aromatic heterocycles. The van der Waals surface area contributed by atoms with Crippen LogP contribution in [0.4, 0.5) is 5.69 Å². The smallest absolute Gasteiger partial charge is 0.269 e. The number of carbonyl (C=O) groups is 1. The summed E-state index contributed by atoms with van der Waals surface area (Å²) in [5.74, 6) is -0.196. The molecule has 1 aliphatic rings. The molecule has 0 unspecified atom stereocenters. The van der Waals surface area contributed by atoms with Crippen LogP contribution in [0.2, 0.25) is 0 Å². The van der Waals surface area contributed by atoms with E-state index in [4.69, 9.17) is 0 Å². The van der Waals surface area contributed by atoms with Crippen LogP contribution in [0.25, 0.3) is 0 Å². The Labute approximate surface area is 100 Å². The molecular formula is C12H17N3O2. The van der Waals surface area contributed by atoms with Crippen LogP contribution in [0.15, 0.2) is 18.3 Å². The predicted octanol–water partition coefficient (Wildman–Crippen LogP) is 0.402. The SMILES string of the molecule is CCC1(O)CN(c2ccnc(C(=O)NC)c2)C1. The van der Waals surface area contributed by atoms with Crippen LogP contribution < -0.4 is 10.2 Å². The van der Waals surface area contributed by atoms with E-state index in [2.05, 4.69) is 10.3 Å². The number of β-amino-alcohol motifs (C(OH)–C–C–N with tert-alkyl or cyclic N) is 1. The van der Waals surface area contributed by atoms with E-state index in [1.807, 2.05) is 17.9 Å². The van der Waals surface area contributed by atoms with Gasteiger partial charge in [-0.2, -0.15) is 0 Å². The highest BCUT2D eigenvalue weighted by molar-refractivity contribution is 5.92. The highest BCUT2D eigenvalue weighted by Crippen LogP contribution is 2.29. The van der Waals surface area contributed by atoms with Crippen molar-refractivity contribution in [2.45, 2.75) is 18.9 Å². The fraction of sp³-hybridized carbons (Fsp3) is 0.500. The molecule has 1 aliphatic heterocycles. The van der Waals surface area contributed by atoms with Crippen molar-refractivity contribution < 1.29 is 9.90 Å². The van der Waals surface area contributed by atoms with Crippen LogP contribution in [0.1, 0.15) is 23.8 Å². The summed E-state index contributed by atoms with van der Waals surface area (Å²) in [7, 11) is 1.58. The second-order valence-corrected chi connectivity index (χ2v) is 4.41. The van der Waals surface area contributed by atoms with Gasteiger partial charge in [-0.15, -0.1) is 0 Å². The van der Waals surface area contributed by atoms with E-state index in [-0.39, 0.29) is 5.91 Å². The number of aliphatic hydroxyl groups is 1. The second-order valence-electron chi connectivity index (χ2n) is 4.41. The number of carbonyl (C=O) groups excluding carboxylic acids is 1. The standard InChI is InChI=1S/C12H17N3O2/c1-3-12(17)7-15(8-12)9-4-5-14-10(6-9)11(16)13-2/h4-6,17H,3,7-8H2,1-2H3,(H,13,16). The summed E-state index contributed by atoms with van der Waals surface area (Å²) in [6.07, 6.45) is 2.36. The molecule has 5 heteroatoms. The molecule has 0 radical (unpaired) electrons. The molecule has 0 aromatic carbocycles. The number of hydrogen-bond donors (Lipinski definition) is 2. The molecular weight excluding hydrogens is 218 g/mol. The first-order valence-electron chi connectivity index (χ1n) is 5.73. The molecule has 0 atom stereocenters. The Morgan fingerprint density at radius 1 is 1.65 bits per heavy atom. The van der Waals surface area contributed by atoms with Gasteiger partial charge in [0.1, 0.15) is 5.69 Å². The lowest BCUT2D eigenvalue weighted by atomic mass is 9.91. The Hall–Kier alpha value is -1.62. The predicted molar refractivity (Wildman–Crippen MR) is 65.1 cm³/mol. The van der Waals surface area contributed by atoms with Crippen molar-refractivity contribution in [3.8, 4) is 0 Å². The molecule has 1 saturated heterocycles. The van der Waals surface area contributed by atoms with E-state index in [9.17, 15) is 9.90 Å². The highest BCUT2D eigenvalue weighted by atomic mass is 16.3. The van der Waals surface area contributed by atoms with Gasteiger partial charge in [0.05, 0.1) is 5.60 Å². The lowest BCUT2D eigenvalue weighted by Gasteiger charge is -2.47. The molecule has 0 spiro atoms. The molecule has 0 bridgehead atoms. The van der Waals surface area contributed by atoms with Crippen molar-refractivity contribution in [2.75, 3.05) is 25.0 Å². The molecule has 1 aromatic rings. The normalized spacial score (nSPS) is 17.5. The fourth-order valence-electron chi connectivity index (χ4n) is 1.94. The Balaban J connectivity index is 2.11. The third-order valence-electron chi connectivity index (χ3n) is 3.20. The van der Waals surface area contributed by atoms with Crippen molar-refractivity contribution in [1.82, 2.24) is 10.3 Å². The first-order chi connectivity index (χ1) is 8.08. The highest BCUT2D eigenvalue weighted by Gasteiger charge is 2.39. The van der Waals surface area contributed by atoms with E-state index in [1.54, 1.807) is 19.3 Å². The summed E-state index contributed by atoms with van der Waals surface area (Å²) >= 11 is 0. The third-order valence-corrected chi connectivity index (χ3v) is 3.20. The molecule has 0 saturated carbocycles. The summed E-state index contributed by atoms with van der Waals surface area (Å²) < 4.78 is 0. The topological polar surface area (TPSA) is 65.5 Å². The molecule has 5 nitrogen and oxygen atoms in total. The Morgan fingerprint density at radius 3 is 2.94 bits per heavy atom. The van der Waals surface area contributed by atoms with Crippen LogP contribution in [0, 0.1) is 0 Å². The van der Waals surface area contributed by atoms with Gasteiger partial charge in [-0.25, -0.2) is 0 Å². The van der Waals surface area contributed by atoms with Crippen LogP contribution in [-0.4, -0.2) is 41.7 Å². The maximum absolute atomic E-state index is 11.4. The van der Waals surface area contributed by atoms with E-state index in [0.717, 1.165) is 12.1 Å². The molecule has 2 rings (SSSR count). The number of aromatic nitrogens is 1. The van der Waals surface area contributed by atoms with Gasteiger partial charge in [0.2, 0.25) is 0 Å². The van der Waals surface area contributed by atoms with Gasteiger partial charge < -0.3 is 15.3 Å². The summed E-state index contributed by atoms with van der Waals surface area (Å²) in [6.45, 7) is 3.20. The van der Waals surface area contributed by atoms with Gasteiger partial charge in [-0.05, 0) is 18.6 Å². The number of hydrogen-bond acceptors (Lipinski definition) is 4. The quantitative estimate of drug-likeness (QED) is 0.796. The lowest BCUT2D eigenvalue weighted by molar-refractivity contribution is 0.00852. The zero-order chi connectivity index (χ0) is 12.5. The van der Waals surface area contributed by atoms with E-state index in [0.29, 0.717) is 18.8 Å². The Bertz CT molecular complexity index is 428. The van der Waals surface area contributed by atoms with Crippen LogP contribution in [0.5, 0.6) is 0 Å². The Morgan fingerprint density at radius 2 is 2.35 bits per heavy atom. The number of amides is 1. The van der Waals surface area contributed by atoms with Gasteiger partial charge in [-0.3, -0.25) is 9.78 Å². The monoisotopic (exact) mass is 235 g/mol. The van der Waals surface area contributed by atoms with Crippen LogP contribution in [0.3, 0.4) is 0 Å². The minimum absolute atomic E-state index is 0.196. The number of nitrogens with zero attached hydrogens (tertiary/aromatic N) is 2. The summed E-state index contributed by atoms with van der Waals surface area (Å²) in [6, 6.07) is 3.59. The van der Waals surface area contributed by atoms with Gasteiger partial charge in [0.15, 0.2) is 0 Å². The van der Waals surface area contributed by atoms with Gasteiger partial charge in [-0.1, -0.05) is 6.92 Å². The average Bonchev–Trinajstić information content (AvgIpc) is 2.34. The molecule has 2 N–H and O–H groups in total. The number of rotatable bonds is 3. The minimum Gasteiger partial charge on any atom is -0.386 e. The second kappa shape index (κ2) is 4.33. The minimum atomic E-state index is -0.573. The summed E-state index contributed by atoms with van der Waals surface area (Å²) in [5.41, 5.74) is 0.754. The maximum Gasteiger partial charge on any atom is 0.269 e. The number of pyridine rings is 1. The van der Waals surface area contributed by atoms with E-state index >= 15 is 0 Å². The van der Waals surface area contributed by atoms with Crippen molar-refractivity contribution in [1.29, 1.82) is 0 Å². The first kappa shape index (κ1) is 11.9. The van der Waals surface area contributed by atoms with Gasteiger partial charge in [0, 0.05) is 32.0 Å². The Kier molecular flexibility index (Phi) is 3.02. The van der Waals surface area contributed by atoms with Crippen molar-refractivity contribution in [3.05, 3.63) is 24.0 Å². The lowest BCUT2D eigenvalue weighted by Crippen LogP contribution is -2.61. The summed E-state index contributed by atoms with van der Waals surface area (Å²) in [5, 5.41) is 12.5. The molecule has 0 aliphatic carbocycles.